The van der Waals surface area contributed by atoms with Crippen molar-refractivity contribution in [1.29, 1.82) is 0 Å². The smallest absolute Gasteiger partial charge is 0.326 e. The number of phenols is 1. The van der Waals surface area contributed by atoms with Crippen LogP contribution in [-0.4, -0.2) is 65.1 Å². The van der Waals surface area contributed by atoms with Crippen molar-refractivity contribution < 1.29 is 29.4 Å². The zero-order valence-corrected chi connectivity index (χ0v) is 30.6. The number of nitrogens with one attached hydrogen (secondary N) is 4. The topological polar surface area (TPSA) is 157 Å². The summed E-state index contributed by atoms with van der Waals surface area (Å²) in [6.07, 6.45) is 1.54. The fourth-order valence-electron chi connectivity index (χ4n) is 6.65. The van der Waals surface area contributed by atoms with Crippen molar-refractivity contribution in [3.05, 3.63) is 123 Å². The van der Waals surface area contributed by atoms with E-state index in [1.54, 1.807) is 12.1 Å². The SMILES string of the molecule is O=C(N[C@H](Cc1ccc2ccccc2c1)C(=O)N[C@H](Cc1ccc2ccccc2c1)C(=O)N[C@@H](Cc1ccc(O)c(I)c1)C(=O)O)C1CCNCC1. The maximum Gasteiger partial charge on any atom is 0.326 e. The first-order chi connectivity index (χ1) is 25.1. The van der Waals surface area contributed by atoms with E-state index in [9.17, 15) is 29.4 Å². The third-order valence-electron chi connectivity index (χ3n) is 9.55. The van der Waals surface area contributed by atoms with Crippen LogP contribution in [0, 0.1) is 9.49 Å². The first-order valence-electron chi connectivity index (χ1n) is 17.4. The number of hydrogen-bond donors (Lipinski definition) is 6. The molecule has 0 unspecified atom stereocenters. The normalized spacial score (nSPS) is 15.0. The number of carboxylic acids is 1. The summed E-state index contributed by atoms with van der Waals surface area (Å²) >= 11 is 1.96. The zero-order chi connectivity index (χ0) is 36.6. The molecule has 5 aromatic rings. The molecule has 52 heavy (non-hydrogen) atoms. The number of hydrogen-bond acceptors (Lipinski definition) is 6. The van der Waals surface area contributed by atoms with E-state index in [0.717, 1.165) is 32.7 Å². The van der Waals surface area contributed by atoms with Crippen LogP contribution in [0.2, 0.25) is 0 Å². The molecule has 1 heterocycles. The van der Waals surface area contributed by atoms with Crippen molar-refractivity contribution in [2.75, 3.05) is 13.1 Å². The van der Waals surface area contributed by atoms with Gasteiger partial charge in [0.05, 0.1) is 3.57 Å². The highest BCUT2D eigenvalue weighted by Gasteiger charge is 2.32. The van der Waals surface area contributed by atoms with Crippen LogP contribution >= 0.6 is 22.6 Å². The molecule has 0 spiro atoms. The van der Waals surface area contributed by atoms with Crippen molar-refractivity contribution in [2.24, 2.45) is 5.92 Å². The van der Waals surface area contributed by atoms with Crippen molar-refractivity contribution in [1.82, 2.24) is 21.3 Å². The number of carbonyl (C=O) groups excluding carboxylic acids is 3. The highest BCUT2D eigenvalue weighted by atomic mass is 127. The van der Waals surface area contributed by atoms with E-state index in [-0.39, 0.29) is 36.8 Å². The molecule has 268 valence electrons. The van der Waals surface area contributed by atoms with E-state index in [4.69, 9.17) is 0 Å². The predicted octanol–water partition coefficient (Wildman–Crippen LogP) is 4.87. The van der Waals surface area contributed by atoms with Crippen LogP contribution in [0.1, 0.15) is 29.5 Å². The third kappa shape index (κ3) is 9.45. The Morgan fingerprint density at radius 3 is 1.63 bits per heavy atom. The minimum absolute atomic E-state index is 0.0368. The van der Waals surface area contributed by atoms with Gasteiger partial charge in [-0.1, -0.05) is 91.0 Å². The molecule has 0 bridgehead atoms. The monoisotopic (exact) mass is 812 g/mol. The molecule has 1 fully saturated rings. The number of rotatable bonds is 13. The van der Waals surface area contributed by atoms with E-state index in [0.29, 0.717) is 35.1 Å². The van der Waals surface area contributed by atoms with Gasteiger partial charge in [-0.25, -0.2) is 4.79 Å². The molecule has 6 N–H and O–H groups in total. The Bertz CT molecular complexity index is 2100. The summed E-state index contributed by atoms with van der Waals surface area (Å²) in [5.74, 6) is -2.84. The fraction of sp³-hybridized carbons (Fsp3) is 0.268. The average Bonchev–Trinajstić information content (AvgIpc) is 3.15. The van der Waals surface area contributed by atoms with Gasteiger partial charge >= 0.3 is 5.97 Å². The predicted molar refractivity (Wildman–Crippen MR) is 209 cm³/mol. The molecule has 1 saturated heterocycles. The molecular weight excluding hydrogens is 771 g/mol. The molecule has 1 aliphatic rings. The third-order valence-corrected chi connectivity index (χ3v) is 10.4. The van der Waals surface area contributed by atoms with Crippen LogP contribution in [0.3, 0.4) is 0 Å². The number of phenolic OH excluding ortho intramolecular Hbond substituents is 1. The van der Waals surface area contributed by atoms with Gasteiger partial charge in [0, 0.05) is 25.2 Å². The Balaban J connectivity index is 1.28. The van der Waals surface area contributed by atoms with Gasteiger partial charge in [0.15, 0.2) is 0 Å². The molecule has 3 amide bonds. The molecule has 11 heteroatoms. The van der Waals surface area contributed by atoms with Gasteiger partial charge in [0.2, 0.25) is 17.7 Å². The Morgan fingerprint density at radius 2 is 1.10 bits per heavy atom. The van der Waals surface area contributed by atoms with E-state index >= 15 is 0 Å². The second-order valence-corrected chi connectivity index (χ2v) is 14.5. The largest absolute Gasteiger partial charge is 0.507 e. The van der Waals surface area contributed by atoms with E-state index in [1.165, 1.54) is 6.07 Å². The summed E-state index contributed by atoms with van der Waals surface area (Å²) < 4.78 is 0.552. The molecule has 0 aliphatic carbocycles. The van der Waals surface area contributed by atoms with Gasteiger partial charge in [0.25, 0.3) is 0 Å². The number of benzene rings is 5. The molecule has 0 radical (unpaired) electrons. The average molecular weight is 813 g/mol. The number of carbonyl (C=O) groups is 4. The molecule has 0 aromatic heterocycles. The molecule has 5 aromatic carbocycles. The minimum atomic E-state index is -1.31. The summed E-state index contributed by atoms with van der Waals surface area (Å²) in [6.45, 7) is 1.42. The van der Waals surface area contributed by atoms with Crippen LogP contribution in [0.15, 0.2) is 103 Å². The van der Waals surface area contributed by atoms with E-state index in [1.807, 2.05) is 108 Å². The fourth-order valence-corrected chi connectivity index (χ4v) is 7.23. The Labute approximate surface area is 315 Å². The van der Waals surface area contributed by atoms with Crippen molar-refractivity contribution in [3.63, 3.8) is 0 Å². The summed E-state index contributed by atoms with van der Waals surface area (Å²) in [5.41, 5.74) is 2.22. The van der Waals surface area contributed by atoms with Crippen LogP contribution in [0.5, 0.6) is 5.75 Å². The molecule has 0 saturated carbocycles. The summed E-state index contributed by atoms with van der Waals surface area (Å²) in [5, 5.41) is 35.9. The first-order valence-corrected chi connectivity index (χ1v) is 18.5. The van der Waals surface area contributed by atoms with Gasteiger partial charge in [-0.15, -0.1) is 0 Å². The number of aliphatic carboxylic acids is 1. The quantitative estimate of drug-likeness (QED) is 0.0928. The number of fused-ring (bicyclic) bond motifs is 2. The summed E-state index contributed by atoms with van der Waals surface area (Å²) in [6, 6.07) is 28.6. The van der Waals surface area contributed by atoms with Gasteiger partial charge in [0.1, 0.15) is 23.9 Å². The highest BCUT2D eigenvalue weighted by Crippen LogP contribution is 2.22. The second kappa shape index (κ2) is 17.0. The lowest BCUT2D eigenvalue weighted by molar-refractivity contribution is -0.142. The van der Waals surface area contributed by atoms with Gasteiger partial charge in [-0.2, -0.15) is 0 Å². The van der Waals surface area contributed by atoms with Gasteiger partial charge < -0.3 is 31.5 Å². The number of amides is 3. The Hall–Kier alpha value is -5.01. The number of piperidine rings is 1. The van der Waals surface area contributed by atoms with Crippen molar-refractivity contribution in [2.45, 2.75) is 50.2 Å². The second-order valence-electron chi connectivity index (χ2n) is 13.3. The standard InChI is InChI=1S/C41H41IN4O6/c42-33-21-27(11-14-37(33)47)24-36(41(51)52)46-40(50)35(23-26-10-13-29-6-2-4-8-32(29)20-26)45-39(49)34(44-38(48)30-15-17-43-18-16-30)22-25-9-12-28-5-1-3-7-31(28)19-25/h1-14,19-21,30,34-36,43,47H,15-18,22-24H2,(H,44,48)(H,45,49)(H,46,50)(H,51,52)/t34-,35-,36+/m1/s1. The van der Waals surface area contributed by atoms with Crippen LogP contribution in [-0.2, 0) is 38.4 Å². The van der Waals surface area contributed by atoms with Crippen LogP contribution < -0.4 is 21.3 Å². The maximum absolute atomic E-state index is 14.3. The minimum Gasteiger partial charge on any atom is -0.507 e. The van der Waals surface area contributed by atoms with Crippen LogP contribution in [0.25, 0.3) is 21.5 Å². The Morgan fingerprint density at radius 1 is 0.635 bits per heavy atom. The summed E-state index contributed by atoms with van der Waals surface area (Å²) in [7, 11) is 0. The highest BCUT2D eigenvalue weighted by molar-refractivity contribution is 14.1. The van der Waals surface area contributed by atoms with Gasteiger partial charge in [-0.3, -0.25) is 14.4 Å². The van der Waals surface area contributed by atoms with Crippen molar-refractivity contribution in [3.8, 4) is 5.75 Å². The molecular formula is C41H41IN4O6. The molecule has 3 atom stereocenters. The number of carboxylic acid groups (broad SMARTS) is 1. The molecule has 10 nitrogen and oxygen atoms in total. The molecule has 6 rings (SSSR count). The molecule has 1 aliphatic heterocycles. The zero-order valence-electron chi connectivity index (χ0n) is 28.5. The number of aromatic hydroxyl groups is 1. The lowest BCUT2D eigenvalue weighted by Gasteiger charge is -2.27. The Kier molecular flexibility index (Phi) is 12.0. The van der Waals surface area contributed by atoms with Crippen molar-refractivity contribution >= 4 is 67.8 Å². The lowest BCUT2D eigenvalue weighted by Crippen LogP contribution is -2.57. The summed E-state index contributed by atoms with van der Waals surface area (Å²) in [4.78, 5) is 54.2. The van der Waals surface area contributed by atoms with E-state index < -0.39 is 35.9 Å². The number of halogens is 1. The lowest BCUT2D eigenvalue weighted by atomic mass is 9.95. The van der Waals surface area contributed by atoms with Crippen LogP contribution in [0.4, 0.5) is 0 Å². The maximum atomic E-state index is 14.3. The first kappa shape index (κ1) is 36.8. The van der Waals surface area contributed by atoms with E-state index in [2.05, 4.69) is 21.3 Å². The van der Waals surface area contributed by atoms with Gasteiger partial charge in [-0.05, 0) is 98.9 Å².